The Morgan fingerprint density at radius 2 is 1.75 bits per heavy atom. The first-order valence-corrected chi connectivity index (χ1v) is 7.47. The van der Waals surface area contributed by atoms with E-state index in [4.69, 9.17) is 0 Å². The Morgan fingerprint density at radius 1 is 1.10 bits per heavy atom. The Balaban J connectivity index is 2.40. The van der Waals surface area contributed by atoms with Gasteiger partial charge in [-0.05, 0) is 43.7 Å². The number of halogens is 1. The summed E-state index contributed by atoms with van der Waals surface area (Å²) >= 11 is 0. The van der Waals surface area contributed by atoms with Crippen LogP contribution in [0.25, 0.3) is 0 Å². The maximum atomic E-state index is 13.1. The van der Waals surface area contributed by atoms with Crippen LogP contribution in [0, 0.1) is 12.7 Å². The molecule has 0 bridgehead atoms. The van der Waals surface area contributed by atoms with Crippen molar-refractivity contribution in [1.29, 1.82) is 0 Å². The molecule has 5 heteroatoms. The number of rotatable bonds is 3. The molecule has 0 aliphatic carbocycles. The molecule has 0 saturated heterocycles. The van der Waals surface area contributed by atoms with Crippen molar-refractivity contribution in [2.24, 2.45) is 4.40 Å². The molecule has 3 nitrogen and oxygen atoms in total. The van der Waals surface area contributed by atoms with Gasteiger partial charge < -0.3 is 0 Å². The molecular formula is C15H14FNO2S. The summed E-state index contributed by atoms with van der Waals surface area (Å²) in [6.45, 7) is 3.41. The summed E-state index contributed by atoms with van der Waals surface area (Å²) in [6, 6.07) is 12.1. The molecule has 0 aliphatic heterocycles. The first-order chi connectivity index (χ1) is 9.38. The van der Waals surface area contributed by atoms with Gasteiger partial charge in [-0.3, -0.25) is 0 Å². The molecule has 0 heterocycles. The molecule has 0 N–H and O–H groups in total. The first-order valence-electron chi connectivity index (χ1n) is 6.03. The van der Waals surface area contributed by atoms with E-state index in [0.717, 1.165) is 5.56 Å². The minimum Gasteiger partial charge on any atom is -0.207 e. The molecule has 0 aliphatic rings. The fourth-order valence-electron chi connectivity index (χ4n) is 1.71. The van der Waals surface area contributed by atoms with Gasteiger partial charge in [0, 0.05) is 0 Å². The van der Waals surface area contributed by atoms with E-state index in [1.807, 2.05) is 6.92 Å². The van der Waals surface area contributed by atoms with Crippen molar-refractivity contribution in [3.8, 4) is 0 Å². The van der Waals surface area contributed by atoms with Gasteiger partial charge in [0.1, 0.15) is 5.82 Å². The molecule has 20 heavy (non-hydrogen) atoms. The number of aryl methyl sites for hydroxylation is 1. The van der Waals surface area contributed by atoms with E-state index in [0.29, 0.717) is 5.56 Å². The Kier molecular flexibility index (Phi) is 3.99. The summed E-state index contributed by atoms with van der Waals surface area (Å²) in [5.41, 5.74) is 1.67. The third-order valence-electron chi connectivity index (χ3n) is 2.82. The molecule has 104 valence electrons. The molecule has 0 unspecified atom stereocenters. The summed E-state index contributed by atoms with van der Waals surface area (Å²) in [4.78, 5) is 0.124. The zero-order valence-corrected chi connectivity index (χ0v) is 12.0. The van der Waals surface area contributed by atoms with E-state index in [-0.39, 0.29) is 10.6 Å². The van der Waals surface area contributed by atoms with E-state index in [2.05, 4.69) is 4.40 Å². The molecule has 0 atom stereocenters. The van der Waals surface area contributed by atoms with Crippen LogP contribution in [-0.2, 0) is 10.0 Å². The summed E-state index contributed by atoms with van der Waals surface area (Å²) < 4.78 is 41.1. The predicted octanol–water partition coefficient (Wildman–Crippen LogP) is 3.33. The number of nitrogens with zero attached hydrogens (tertiary/aromatic N) is 1. The molecule has 0 spiro atoms. The largest absolute Gasteiger partial charge is 0.282 e. The number of sulfonamides is 1. The average Bonchev–Trinajstić information content (AvgIpc) is 2.38. The lowest BCUT2D eigenvalue weighted by atomic mass is 10.1. The fraction of sp³-hybridized carbons (Fsp3) is 0.133. The molecule has 0 aromatic heterocycles. The second-order valence-electron chi connectivity index (χ2n) is 4.48. The lowest BCUT2D eigenvalue weighted by Gasteiger charge is -2.03. The third kappa shape index (κ3) is 3.30. The summed E-state index contributed by atoms with van der Waals surface area (Å²) in [5, 5.41) is 0. The van der Waals surface area contributed by atoms with Gasteiger partial charge in [-0.1, -0.05) is 29.8 Å². The van der Waals surface area contributed by atoms with Gasteiger partial charge >= 0.3 is 0 Å². The van der Waals surface area contributed by atoms with E-state index in [9.17, 15) is 12.8 Å². The molecule has 0 saturated carbocycles. The third-order valence-corrected chi connectivity index (χ3v) is 4.20. The fourth-order valence-corrected chi connectivity index (χ4v) is 2.76. The Hall–Kier alpha value is -2.01. The molecule has 0 fully saturated rings. The quantitative estimate of drug-likeness (QED) is 0.814. The minimum atomic E-state index is -3.77. The molecular weight excluding hydrogens is 277 g/mol. The highest BCUT2D eigenvalue weighted by atomic mass is 32.2. The van der Waals surface area contributed by atoms with Crippen molar-refractivity contribution in [2.75, 3.05) is 0 Å². The number of hydrogen-bond acceptors (Lipinski definition) is 2. The summed E-state index contributed by atoms with van der Waals surface area (Å²) in [6.07, 6.45) is 0. The van der Waals surface area contributed by atoms with Crippen LogP contribution in [-0.4, -0.2) is 14.1 Å². The van der Waals surface area contributed by atoms with Gasteiger partial charge in [0.2, 0.25) is 0 Å². The van der Waals surface area contributed by atoms with Crippen molar-refractivity contribution < 1.29 is 12.8 Å². The lowest BCUT2D eigenvalue weighted by Crippen LogP contribution is -2.03. The van der Waals surface area contributed by atoms with Gasteiger partial charge in [-0.2, -0.15) is 12.8 Å². The van der Waals surface area contributed by atoms with Crippen molar-refractivity contribution >= 4 is 15.7 Å². The second kappa shape index (κ2) is 5.54. The minimum absolute atomic E-state index is 0.124. The highest BCUT2D eigenvalue weighted by Crippen LogP contribution is 2.15. The lowest BCUT2D eigenvalue weighted by molar-refractivity contribution is 0.598. The van der Waals surface area contributed by atoms with Gasteiger partial charge in [0.25, 0.3) is 10.0 Å². The Morgan fingerprint density at radius 3 is 2.35 bits per heavy atom. The highest BCUT2D eigenvalue weighted by molar-refractivity contribution is 7.90. The monoisotopic (exact) mass is 291 g/mol. The van der Waals surface area contributed by atoms with Gasteiger partial charge in [-0.25, -0.2) is 4.39 Å². The van der Waals surface area contributed by atoms with Gasteiger partial charge in [0.15, 0.2) is 0 Å². The molecule has 0 amide bonds. The predicted molar refractivity (Wildman–Crippen MR) is 77.0 cm³/mol. The number of benzene rings is 2. The van der Waals surface area contributed by atoms with Crippen LogP contribution < -0.4 is 0 Å². The van der Waals surface area contributed by atoms with E-state index in [1.165, 1.54) is 30.3 Å². The number of hydrogen-bond donors (Lipinski definition) is 0. The standard InChI is InChI=1S/C15H14FNO2S/c1-11-6-8-15(9-7-11)20(18,19)17-12(2)13-4-3-5-14(16)10-13/h3-10H,1-2H3/b17-12+. The van der Waals surface area contributed by atoms with Gasteiger partial charge in [-0.15, -0.1) is 0 Å². The Labute approximate surface area is 117 Å². The highest BCUT2D eigenvalue weighted by Gasteiger charge is 2.13. The average molecular weight is 291 g/mol. The smallest absolute Gasteiger partial charge is 0.207 e. The van der Waals surface area contributed by atoms with Crippen molar-refractivity contribution in [1.82, 2.24) is 0 Å². The van der Waals surface area contributed by atoms with E-state index >= 15 is 0 Å². The molecule has 2 rings (SSSR count). The van der Waals surface area contributed by atoms with Gasteiger partial charge in [0.05, 0.1) is 10.6 Å². The molecule has 2 aromatic carbocycles. The van der Waals surface area contributed by atoms with Crippen LogP contribution in [0.15, 0.2) is 57.8 Å². The van der Waals surface area contributed by atoms with Crippen LogP contribution in [0.3, 0.4) is 0 Å². The second-order valence-corrected chi connectivity index (χ2v) is 6.08. The van der Waals surface area contributed by atoms with Crippen molar-refractivity contribution in [3.63, 3.8) is 0 Å². The van der Waals surface area contributed by atoms with Crippen molar-refractivity contribution in [2.45, 2.75) is 18.7 Å². The SMILES string of the molecule is C/C(=N\S(=O)(=O)c1ccc(C)cc1)c1cccc(F)c1. The van der Waals surface area contributed by atoms with Crippen LogP contribution in [0.1, 0.15) is 18.1 Å². The summed E-state index contributed by atoms with van der Waals surface area (Å²) in [7, 11) is -3.77. The van der Waals surface area contributed by atoms with Crippen LogP contribution in [0.4, 0.5) is 4.39 Å². The van der Waals surface area contributed by atoms with Crippen LogP contribution in [0.5, 0.6) is 0 Å². The van der Waals surface area contributed by atoms with E-state index in [1.54, 1.807) is 25.1 Å². The van der Waals surface area contributed by atoms with E-state index < -0.39 is 15.8 Å². The zero-order valence-electron chi connectivity index (χ0n) is 11.2. The first kappa shape index (κ1) is 14.4. The van der Waals surface area contributed by atoms with Crippen molar-refractivity contribution in [3.05, 3.63) is 65.5 Å². The maximum Gasteiger partial charge on any atom is 0.282 e. The molecule has 2 aromatic rings. The topological polar surface area (TPSA) is 46.5 Å². The van der Waals surface area contributed by atoms with Crippen LogP contribution >= 0.6 is 0 Å². The van der Waals surface area contributed by atoms with Crippen LogP contribution in [0.2, 0.25) is 0 Å². The normalized spacial score (nSPS) is 12.4. The maximum absolute atomic E-state index is 13.1. The zero-order chi connectivity index (χ0) is 14.8. The summed E-state index contributed by atoms with van der Waals surface area (Å²) in [5.74, 6) is -0.426. The molecule has 0 radical (unpaired) electrons. The Bertz CT molecular complexity index is 750.